The molecule has 0 saturated heterocycles. The minimum Gasteiger partial charge on any atom is -0.482 e. The Kier molecular flexibility index (Phi) is 5.76. The van der Waals surface area contributed by atoms with Crippen LogP contribution in [0.2, 0.25) is 0 Å². The molecule has 0 radical (unpaired) electrons. The van der Waals surface area contributed by atoms with Crippen molar-refractivity contribution in [2.45, 2.75) is 30.4 Å². The maximum absolute atomic E-state index is 13.0. The fraction of sp³-hybridized carbons (Fsp3) is 0.263. The number of fused-ring (bicyclic) bond motifs is 1. The van der Waals surface area contributed by atoms with Crippen LogP contribution in [0.15, 0.2) is 45.8 Å². The van der Waals surface area contributed by atoms with Gasteiger partial charge in [-0.2, -0.15) is 0 Å². The van der Waals surface area contributed by atoms with Crippen LogP contribution < -0.4 is 15.4 Å². The number of aryl methyl sites for hydroxylation is 1. The van der Waals surface area contributed by atoms with Crippen LogP contribution in [-0.2, 0) is 19.4 Å². The Morgan fingerprint density at radius 1 is 1.32 bits per heavy atom. The highest BCUT2D eigenvalue weighted by molar-refractivity contribution is 9.10. The van der Waals surface area contributed by atoms with Crippen LogP contribution in [-0.4, -0.2) is 32.1 Å². The second kappa shape index (κ2) is 7.92. The summed E-state index contributed by atoms with van der Waals surface area (Å²) >= 11 is 3.32. The standard InChI is InChI=1S/C19H19BrN2O5S/c1-11-6-15-16(27-10-19(24)22-15)9-17(11)28(25,26)12(2)7-18(23)21-14-5-3-4-13(20)8-14/h3-6,8-9,12H,7,10H2,1-2H3,(H,21,23)(H,22,24)/t12-/m0/s1. The summed E-state index contributed by atoms with van der Waals surface area (Å²) in [6.07, 6.45) is -0.192. The van der Waals surface area contributed by atoms with Gasteiger partial charge in [-0.25, -0.2) is 8.42 Å². The maximum atomic E-state index is 13.0. The highest BCUT2D eigenvalue weighted by Gasteiger charge is 2.29. The number of anilines is 2. The number of halogens is 1. The van der Waals surface area contributed by atoms with E-state index in [2.05, 4.69) is 26.6 Å². The molecule has 1 atom stereocenters. The van der Waals surface area contributed by atoms with Gasteiger partial charge in [0.05, 0.1) is 15.8 Å². The molecule has 148 valence electrons. The lowest BCUT2D eigenvalue weighted by molar-refractivity contribution is -0.118. The predicted molar refractivity (Wildman–Crippen MR) is 109 cm³/mol. The highest BCUT2D eigenvalue weighted by Crippen LogP contribution is 2.34. The minimum absolute atomic E-state index is 0.0881. The fourth-order valence-corrected chi connectivity index (χ4v) is 4.87. The third kappa shape index (κ3) is 4.36. The smallest absolute Gasteiger partial charge is 0.262 e. The van der Waals surface area contributed by atoms with Gasteiger partial charge >= 0.3 is 0 Å². The Hall–Kier alpha value is -2.39. The van der Waals surface area contributed by atoms with E-state index < -0.39 is 21.0 Å². The first-order valence-corrected chi connectivity index (χ1v) is 10.9. The van der Waals surface area contributed by atoms with Crippen LogP contribution in [0, 0.1) is 6.92 Å². The second-order valence-electron chi connectivity index (χ2n) is 6.57. The molecule has 2 N–H and O–H groups in total. The molecule has 2 amide bonds. The number of amides is 2. The highest BCUT2D eigenvalue weighted by atomic mass is 79.9. The first-order valence-electron chi connectivity index (χ1n) is 8.53. The van der Waals surface area contributed by atoms with Crippen molar-refractivity contribution in [3.8, 4) is 5.75 Å². The third-order valence-electron chi connectivity index (χ3n) is 4.33. The molecule has 2 aromatic rings. The van der Waals surface area contributed by atoms with Crippen molar-refractivity contribution in [1.82, 2.24) is 0 Å². The number of hydrogen-bond donors (Lipinski definition) is 2. The molecule has 1 heterocycles. The van der Waals surface area contributed by atoms with E-state index in [1.807, 2.05) is 6.07 Å². The van der Waals surface area contributed by atoms with Crippen molar-refractivity contribution >= 4 is 49.0 Å². The molecule has 0 unspecified atom stereocenters. The van der Waals surface area contributed by atoms with Crippen molar-refractivity contribution in [2.24, 2.45) is 0 Å². The molecule has 0 aliphatic carbocycles. The number of benzene rings is 2. The summed E-state index contributed by atoms with van der Waals surface area (Å²) < 4.78 is 32.2. The van der Waals surface area contributed by atoms with Gasteiger partial charge in [0.1, 0.15) is 5.75 Å². The van der Waals surface area contributed by atoms with Gasteiger partial charge in [0.2, 0.25) is 5.91 Å². The third-order valence-corrected chi connectivity index (χ3v) is 7.10. The van der Waals surface area contributed by atoms with E-state index in [9.17, 15) is 18.0 Å². The Bertz CT molecular complexity index is 1050. The van der Waals surface area contributed by atoms with Crippen LogP contribution in [0.4, 0.5) is 11.4 Å². The normalized spacial score (nSPS) is 14.5. The van der Waals surface area contributed by atoms with Gasteiger partial charge in [-0.3, -0.25) is 9.59 Å². The zero-order chi connectivity index (χ0) is 20.5. The Labute approximate surface area is 171 Å². The first kappa shape index (κ1) is 20.3. The molecule has 0 aromatic heterocycles. The van der Waals surface area contributed by atoms with Crippen LogP contribution in [0.5, 0.6) is 5.75 Å². The van der Waals surface area contributed by atoms with Gasteiger partial charge in [0, 0.05) is 22.6 Å². The van der Waals surface area contributed by atoms with Gasteiger partial charge in [-0.1, -0.05) is 22.0 Å². The molecular weight excluding hydrogens is 448 g/mol. The largest absolute Gasteiger partial charge is 0.482 e. The van der Waals surface area contributed by atoms with Gasteiger partial charge < -0.3 is 15.4 Å². The van der Waals surface area contributed by atoms with Crippen LogP contribution >= 0.6 is 15.9 Å². The number of carbonyl (C=O) groups excluding carboxylic acids is 2. The predicted octanol–water partition coefficient (Wildman–Crippen LogP) is 3.28. The van der Waals surface area contributed by atoms with E-state index in [4.69, 9.17) is 4.74 Å². The topological polar surface area (TPSA) is 102 Å². The lowest BCUT2D eigenvalue weighted by Crippen LogP contribution is -2.27. The molecule has 3 rings (SSSR count). The Morgan fingerprint density at radius 2 is 2.07 bits per heavy atom. The maximum Gasteiger partial charge on any atom is 0.262 e. The van der Waals surface area contributed by atoms with E-state index in [0.29, 0.717) is 22.7 Å². The van der Waals surface area contributed by atoms with E-state index >= 15 is 0 Å². The van der Waals surface area contributed by atoms with Gasteiger partial charge in [-0.15, -0.1) is 0 Å². The van der Waals surface area contributed by atoms with Crippen molar-refractivity contribution in [3.05, 3.63) is 46.4 Å². The Morgan fingerprint density at radius 3 is 2.79 bits per heavy atom. The lowest BCUT2D eigenvalue weighted by atomic mass is 10.2. The van der Waals surface area contributed by atoms with Crippen molar-refractivity contribution in [3.63, 3.8) is 0 Å². The van der Waals surface area contributed by atoms with Gasteiger partial charge in [0.15, 0.2) is 16.4 Å². The number of hydrogen-bond acceptors (Lipinski definition) is 5. The van der Waals surface area contributed by atoms with E-state index in [-0.39, 0.29) is 23.8 Å². The summed E-state index contributed by atoms with van der Waals surface area (Å²) in [5.74, 6) is -0.386. The molecule has 9 heteroatoms. The summed E-state index contributed by atoms with van der Waals surface area (Å²) in [6, 6.07) is 10.0. The quantitative estimate of drug-likeness (QED) is 0.703. The average Bonchev–Trinajstić information content (AvgIpc) is 2.60. The summed E-state index contributed by atoms with van der Waals surface area (Å²) in [5, 5.41) is 4.41. The molecular formula is C19H19BrN2O5S. The average molecular weight is 467 g/mol. The molecule has 1 aliphatic rings. The van der Waals surface area contributed by atoms with Crippen molar-refractivity contribution in [2.75, 3.05) is 17.2 Å². The summed E-state index contributed by atoms with van der Waals surface area (Å²) in [4.78, 5) is 23.8. The van der Waals surface area contributed by atoms with E-state index in [1.165, 1.54) is 13.0 Å². The zero-order valence-corrected chi connectivity index (χ0v) is 17.7. The first-order chi connectivity index (χ1) is 13.2. The minimum atomic E-state index is -3.77. The number of nitrogens with one attached hydrogen (secondary N) is 2. The lowest BCUT2D eigenvalue weighted by Gasteiger charge is -2.21. The number of sulfone groups is 1. The van der Waals surface area contributed by atoms with E-state index in [0.717, 1.165) is 4.47 Å². The van der Waals surface area contributed by atoms with Crippen LogP contribution in [0.1, 0.15) is 18.9 Å². The molecule has 1 aliphatic heterocycles. The monoisotopic (exact) mass is 466 g/mol. The SMILES string of the molecule is Cc1cc2c(cc1S(=O)(=O)[C@@H](C)CC(=O)Nc1cccc(Br)c1)OCC(=O)N2. The van der Waals surface area contributed by atoms with E-state index in [1.54, 1.807) is 31.2 Å². The number of rotatable bonds is 5. The second-order valence-corrected chi connectivity index (χ2v) is 9.82. The number of carbonyl (C=O) groups is 2. The molecule has 0 saturated carbocycles. The molecule has 2 aromatic carbocycles. The van der Waals surface area contributed by atoms with Crippen LogP contribution in [0.25, 0.3) is 0 Å². The zero-order valence-electron chi connectivity index (χ0n) is 15.3. The Balaban J connectivity index is 1.78. The van der Waals surface area contributed by atoms with Crippen molar-refractivity contribution < 1.29 is 22.7 Å². The number of ether oxygens (including phenoxy) is 1. The summed E-state index contributed by atoms with van der Waals surface area (Å²) in [7, 11) is -3.77. The summed E-state index contributed by atoms with van der Waals surface area (Å²) in [5.41, 5.74) is 1.50. The molecule has 0 fully saturated rings. The van der Waals surface area contributed by atoms with Gasteiger partial charge in [0.25, 0.3) is 5.91 Å². The summed E-state index contributed by atoms with van der Waals surface area (Å²) in [6.45, 7) is 2.97. The van der Waals surface area contributed by atoms with Crippen molar-refractivity contribution in [1.29, 1.82) is 0 Å². The van der Waals surface area contributed by atoms with Crippen LogP contribution in [0.3, 0.4) is 0 Å². The fourth-order valence-electron chi connectivity index (χ4n) is 2.89. The van der Waals surface area contributed by atoms with Gasteiger partial charge in [-0.05, 0) is 43.7 Å². The molecule has 7 nitrogen and oxygen atoms in total. The molecule has 28 heavy (non-hydrogen) atoms. The molecule has 0 bridgehead atoms. The molecule has 0 spiro atoms.